The zero-order valence-electron chi connectivity index (χ0n) is 11.0. The van der Waals surface area contributed by atoms with Crippen LogP contribution in [0.4, 0.5) is 0 Å². The molecule has 0 bridgehead atoms. The summed E-state index contributed by atoms with van der Waals surface area (Å²) in [4.78, 5) is 0. The molecule has 0 saturated heterocycles. The largest absolute Gasteiger partial charge is 0.326 e. The van der Waals surface area contributed by atoms with Crippen LogP contribution in [-0.4, -0.2) is 15.0 Å². The molecule has 18 heavy (non-hydrogen) atoms. The third-order valence-corrected chi connectivity index (χ3v) is 4.02. The lowest BCUT2D eigenvalue weighted by molar-refractivity contribution is 0.551. The van der Waals surface area contributed by atoms with E-state index in [4.69, 9.17) is 5.73 Å². The molecular weight excluding hydrogens is 248 g/mol. The van der Waals surface area contributed by atoms with Gasteiger partial charge in [-0.15, -0.1) is 0 Å². The van der Waals surface area contributed by atoms with Crippen LogP contribution in [0.25, 0.3) is 0 Å². The van der Waals surface area contributed by atoms with Crippen molar-refractivity contribution in [1.29, 1.82) is 0 Å². The van der Waals surface area contributed by atoms with Gasteiger partial charge in [0.1, 0.15) is 0 Å². The van der Waals surface area contributed by atoms with Crippen molar-refractivity contribution in [3.63, 3.8) is 0 Å². The number of benzene rings is 1. The molecule has 0 heterocycles. The van der Waals surface area contributed by atoms with E-state index in [2.05, 4.69) is 18.6 Å². The highest BCUT2D eigenvalue weighted by Crippen LogP contribution is 2.08. The lowest BCUT2D eigenvalue weighted by Gasteiger charge is -2.08. The summed E-state index contributed by atoms with van der Waals surface area (Å²) in [7, 11) is -3.23. The molecule has 1 aromatic rings. The maximum Gasteiger partial charge on any atom is 0.215 e. The first-order valence-electron chi connectivity index (χ1n) is 6.18. The molecule has 1 aromatic carbocycles. The number of hydrogen-bond acceptors (Lipinski definition) is 3. The monoisotopic (exact) mass is 270 g/mol. The van der Waals surface area contributed by atoms with Crippen LogP contribution in [0.15, 0.2) is 24.3 Å². The number of hydrogen-bond donors (Lipinski definition) is 2. The van der Waals surface area contributed by atoms with E-state index in [1.54, 1.807) is 0 Å². The van der Waals surface area contributed by atoms with E-state index in [0.717, 1.165) is 17.5 Å². The van der Waals surface area contributed by atoms with Crippen molar-refractivity contribution in [1.82, 2.24) is 4.72 Å². The van der Waals surface area contributed by atoms with E-state index in [9.17, 15) is 8.42 Å². The van der Waals surface area contributed by atoms with Gasteiger partial charge >= 0.3 is 0 Å². The molecule has 0 aromatic heterocycles. The number of rotatable bonds is 7. The minimum absolute atomic E-state index is 0.0238. The Morgan fingerprint density at radius 3 is 2.22 bits per heavy atom. The Balaban J connectivity index is 2.53. The topological polar surface area (TPSA) is 72.2 Å². The van der Waals surface area contributed by atoms with Gasteiger partial charge in [0.2, 0.25) is 10.0 Å². The predicted octanol–water partition coefficient (Wildman–Crippen LogP) is 1.61. The SMILES string of the molecule is CC(C)CCNS(=O)(=O)Cc1ccc(CN)cc1. The van der Waals surface area contributed by atoms with E-state index < -0.39 is 10.0 Å². The van der Waals surface area contributed by atoms with Crippen LogP contribution in [-0.2, 0) is 22.3 Å². The lowest BCUT2D eigenvalue weighted by atomic mass is 10.1. The molecule has 0 fully saturated rings. The van der Waals surface area contributed by atoms with Crippen LogP contribution in [0, 0.1) is 5.92 Å². The van der Waals surface area contributed by atoms with Gasteiger partial charge in [-0.05, 0) is 23.5 Å². The normalized spacial score (nSPS) is 12.0. The van der Waals surface area contributed by atoms with Gasteiger partial charge in [-0.3, -0.25) is 0 Å². The Morgan fingerprint density at radius 2 is 1.72 bits per heavy atom. The van der Waals surface area contributed by atoms with Crippen LogP contribution < -0.4 is 10.5 Å². The first-order chi connectivity index (χ1) is 8.43. The maximum atomic E-state index is 11.8. The van der Waals surface area contributed by atoms with Crippen molar-refractivity contribution in [3.8, 4) is 0 Å². The zero-order chi connectivity index (χ0) is 13.6. The van der Waals surface area contributed by atoms with Crippen molar-refractivity contribution in [3.05, 3.63) is 35.4 Å². The Bertz CT molecular complexity index is 452. The molecule has 4 nitrogen and oxygen atoms in total. The summed E-state index contributed by atoms with van der Waals surface area (Å²) < 4.78 is 26.2. The highest BCUT2D eigenvalue weighted by molar-refractivity contribution is 7.88. The summed E-state index contributed by atoms with van der Waals surface area (Å²) in [6.07, 6.45) is 0.853. The van der Waals surface area contributed by atoms with Crippen LogP contribution in [0.5, 0.6) is 0 Å². The quantitative estimate of drug-likeness (QED) is 0.790. The lowest BCUT2D eigenvalue weighted by Crippen LogP contribution is -2.26. The third kappa shape index (κ3) is 5.62. The fourth-order valence-corrected chi connectivity index (χ4v) is 2.71. The Labute approximate surface area is 110 Å². The summed E-state index contributed by atoms with van der Waals surface area (Å²) >= 11 is 0. The molecule has 0 aliphatic carbocycles. The molecule has 0 atom stereocenters. The van der Waals surface area contributed by atoms with Gasteiger partial charge in [-0.1, -0.05) is 38.1 Å². The summed E-state index contributed by atoms with van der Waals surface area (Å²) in [5.74, 6) is 0.521. The fraction of sp³-hybridized carbons (Fsp3) is 0.538. The molecule has 0 spiro atoms. The van der Waals surface area contributed by atoms with Crippen LogP contribution in [0.2, 0.25) is 0 Å². The summed E-state index contributed by atoms with van der Waals surface area (Å²) in [5, 5.41) is 0. The average molecular weight is 270 g/mol. The standard InChI is InChI=1S/C13H22N2O2S/c1-11(2)7-8-15-18(16,17)10-13-5-3-12(9-14)4-6-13/h3-6,11,15H,7-10,14H2,1-2H3. The van der Waals surface area contributed by atoms with Gasteiger partial charge in [0, 0.05) is 13.1 Å². The van der Waals surface area contributed by atoms with Crippen LogP contribution >= 0.6 is 0 Å². The van der Waals surface area contributed by atoms with Gasteiger partial charge in [-0.2, -0.15) is 0 Å². The Morgan fingerprint density at radius 1 is 1.17 bits per heavy atom. The molecular formula is C13H22N2O2S. The molecule has 102 valence electrons. The minimum atomic E-state index is -3.23. The third-order valence-electron chi connectivity index (χ3n) is 2.66. The first-order valence-corrected chi connectivity index (χ1v) is 7.83. The summed E-state index contributed by atoms with van der Waals surface area (Å²) in [6.45, 7) is 5.11. The second kappa shape index (κ2) is 6.87. The first kappa shape index (κ1) is 15.1. The fourth-order valence-electron chi connectivity index (χ4n) is 1.55. The smallest absolute Gasteiger partial charge is 0.215 e. The molecule has 0 aliphatic heterocycles. The van der Waals surface area contributed by atoms with Crippen molar-refractivity contribution in [2.75, 3.05) is 6.54 Å². The molecule has 0 saturated carbocycles. The predicted molar refractivity (Wildman–Crippen MR) is 74.4 cm³/mol. The minimum Gasteiger partial charge on any atom is -0.326 e. The molecule has 5 heteroatoms. The van der Waals surface area contributed by atoms with E-state index >= 15 is 0 Å². The molecule has 3 N–H and O–H groups in total. The highest BCUT2D eigenvalue weighted by atomic mass is 32.2. The van der Waals surface area contributed by atoms with E-state index in [0.29, 0.717) is 19.0 Å². The van der Waals surface area contributed by atoms with Crippen molar-refractivity contribution >= 4 is 10.0 Å². The van der Waals surface area contributed by atoms with E-state index in [-0.39, 0.29) is 5.75 Å². The van der Waals surface area contributed by atoms with Crippen molar-refractivity contribution in [2.45, 2.75) is 32.6 Å². The number of sulfonamides is 1. The summed E-state index contributed by atoms with van der Waals surface area (Å²) in [5.41, 5.74) is 7.28. The molecule has 1 rings (SSSR count). The Hall–Kier alpha value is -0.910. The summed E-state index contributed by atoms with van der Waals surface area (Å²) in [6, 6.07) is 7.34. The van der Waals surface area contributed by atoms with Gasteiger partial charge < -0.3 is 5.73 Å². The van der Waals surface area contributed by atoms with E-state index in [1.807, 2.05) is 24.3 Å². The number of nitrogens with two attached hydrogens (primary N) is 1. The van der Waals surface area contributed by atoms with Gasteiger partial charge in [0.05, 0.1) is 5.75 Å². The van der Waals surface area contributed by atoms with Crippen molar-refractivity contribution < 1.29 is 8.42 Å². The van der Waals surface area contributed by atoms with Crippen LogP contribution in [0.1, 0.15) is 31.4 Å². The molecule has 0 amide bonds. The Kier molecular flexibility index (Phi) is 5.78. The maximum absolute atomic E-state index is 11.8. The molecule has 0 aliphatic rings. The van der Waals surface area contributed by atoms with Crippen LogP contribution in [0.3, 0.4) is 0 Å². The zero-order valence-corrected chi connectivity index (χ0v) is 11.8. The molecule has 0 unspecified atom stereocenters. The van der Waals surface area contributed by atoms with Gasteiger partial charge in [0.25, 0.3) is 0 Å². The van der Waals surface area contributed by atoms with Crippen molar-refractivity contribution in [2.24, 2.45) is 11.7 Å². The average Bonchev–Trinajstić information content (AvgIpc) is 2.28. The highest BCUT2D eigenvalue weighted by Gasteiger charge is 2.11. The van der Waals surface area contributed by atoms with Gasteiger partial charge in [-0.25, -0.2) is 13.1 Å². The second-order valence-electron chi connectivity index (χ2n) is 4.86. The van der Waals surface area contributed by atoms with E-state index in [1.165, 1.54) is 0 Å². The number of nitrogens with one attached hydrogen (secondary N) is 1. The van der Waals surface area contributed by atoms with Gasteiger partial charge in [0.15, 0.2) is 0 Å². The molecule has 0 radical (unpaired) electrons. The second-order valence-corrected chi connectivity index (χ2v) is 6.66.